The second kappa shape index (κ2) is 5.15. The molecule has 1 aliphatic carbocycles. The quantitative estimate of drug-likeness (QED) is 0.857. The van der Waals surface area contributed by atoms with E-state index in [0.29, 0.717) is 24.6 Å². The van der Waals surface area contributed by atoms with Crippen LogP contribution in [0.15, 0.2) is 0 Å². The van der Waals surface area contributed by atoms with Crippen LogP contribution in [-0.2, 0) is 9.53 Å². The number of hydrogen-bond donors (Lipinski definition) is 1. The summed E-state index contributed by atoms with van der Waals surface area (Å²) in [6.07, 6.45) is 5.70. The van der Waals surface area contributed by atoms with Crippen LogP contribution in [0.5, 0.6) is 0 Å². The standard InChI is InChI=1S/C15H24N2O2.ClH/c1-19-9-15(5-2-6-15)14(18)17-12-3-4-13(17)11-8-16-7-10(11)12;/h10-13,16H,2-9H2,1H3;1H/t10-,11+,12-,13+;. The number of ether oxygens (including phenoxy) is 1. The summed E-state index contributed by atoms with van der Waals surface area (Å²) in [5, 5.41) is 3.51. The minimum Gasteiger partial charge on any atom is -0.384 e. The number of carbonyl (C=O) groups excluding carboxylic acids is 1. The highest BCUT2D eigenvalue weighted by Gasteiger charge is 2.59. The fourth-order valence-corrected chi connectivity index (χ4v) is 5.14. The van der Waals surface area contributed by atoms with E-state index in [9.17, 15) is 4.79 Å². The summed E-state index contributed by atoms with van der Waals surface area (Å²) in [7, 11) is 1.73. The first kappa shape index (κ1) is 14.6. The molecular weight excluding hydrogens is 276 g/mol. The lowest BCUT2D eigenvalue weighted by Crippen LogP contribution is -2.53. The number of carbonyl (C=O) groups is 1. The van der Waals surface area contributed by atoms with Crippen molar-refractivity contribution in [2.75, 3.05) is 26.8 Å². The van der Waals surface area contributed by atoms with Gasteiger partial charge in [0.15, 0.2) is 0 Å². The van der Waals surface area contributed by atoms with Gasteiger partial charge in [-0.2, -0.15) is 0 Å². The Labute approximate surface area is 127 Å². The van der Waals surface area contributed by atoms with Gasteiger partial charge < -0.3 is 15.0 Å². The van der Waals surface area contributed by atoms with Gasteiger partial charge in [0, 0.05) is 32.3 Å². The molecule has 4 nitrogen and oxygen atoms in total. The Morgan fingerprint density at radius 2 is 1.85 bits per heavy atom. The summed E-state index contributed by atoms with van der Waals surface area (Å²) in [6.45, 7) is 2.86. The number of fused-ring (bicyclic) bond motifs is 5. The van der Waals surface area contributed by atoms with Gasteiger partial charge in [-0.1, -0.05) is 6.42 Å². The topological polar surface area (TPSA) is 41.6 Å². The molecule has 0 aromatic heterocycles. The van der Waals surface area contributed by atoms with Crippen LogP contribution in [0.4, 0.5) is 0 Å². The summed E-state index contributed by atoms with van der Waals surface area (Å²) < 4.78 is 5.35. The summed E-state index contributed by atoms with van der Waals surface area (Å²) in [5.74, 6) is 1.87. The molecule has 0 aromatic rings. The maximum absolute atomic E-state index is 13.1. The molecule has 5 heteroatoms. The van der Waals surface area contributed by atoms with Gasteiger partial charge in [-0.3, -0.25) is 4.79 Å². The largest absolute Gasteiger partial charge is 0.384 e. The second-order valence-corrected chi connectivity index (χ2v) is 6.98. The first-order chi connectivity index (χ1) is 9.27. The Morgan fingerprint density at radius 3 is 2.30 bits per heavy atom. The molecule has 4 rings (SSSR count). The third-order valence-electron chi connectivity index (χ3n) is 6.19. The number of rotatable bonds is 3. The van der Waals surface area contributed by atoms with Crippen molar-refractivity contribution in [1.29, 1.82) is 0 Å². The lowest BCUT2D eigenvalue weighted by molar-refractivity contribution is -0.154. The molecule has 4 aliphatic rings. The summed E-state index contributed by atoms with van der Waals surface area (Å²) in [4.78, 5) is 15.4. The SMILES string of the molecule is COCC1(C(=O)N2[C@@H]3CC[C@H]2[C@H]2CNC[C@H]23)CCC1.Cl. The van der Waals surface area contributed by atoms with Crippen LogP contribution in [0.3, 0.4) is 0 Å². The van der Waals surface area contributed by atoms with Crippen molar-refractivity contribution < 1.29 is 9.53 Å². The van der Waals surface area contributed by atoms with Crippen molar-refractivity contribution in [1.82, 2.24) is 10.2 Å². The van der Waals surface area contributed by atoms with E-state index in [1.807, 2.05) is 0 Å². The zero-order chi connectivity index (χ0) is 13.0. The molecule has 0 unspecified atom stereocenters. The molecule has 0 aromatic carbocycles. The fourth-order valence-electron chi connectivity index (χ4n) is 5.14. The Morgan fingerprint density at radius 1 is 1.25 bits per heavy atom. The van der Waals surface area contributed by atoms with Gasteiger partial charge in [-0.25, -0.2) is 0 Å². The average molecular weight is 301 g/mol. The van der Waals surface area contributed by atoms with E-state index in [4.69, 9.17) is 4.74 Å². The Bertz CT molecular complexity index is 381. The molecule has 1 saturated carbocycles. The van der Waals surface area contributed by atoms with Crippen LogP contribution in [0.2, 0.25) is 0 Å². The third kappa shape index (κ3) is 1.77. The van der Waals surface area contributed by atoms with Gasteiger partial charge in [0.25, 0.3) is 0 Å². The maximum atomic E-state index is 13.1. The van der Waals surface area contributed by atoms with E-state index in [2.05, 4.69) is 10.2 Å². The van der Waals surface area contributed by atoms with E-state index in [1.54, 1.807) is 7.11 Å². The molecule has 2 bridgehead atoms. The number of amides is 1. The highest BCUT2D eigenvalue weighted by molar-refractivity contribution is 5.85. The molecule has 3 aliphatic heterocycles. The third-order valence-corrected chi connectivity index (χ3v) is 6.19. The average Bonchev–Trinajstić information content (AvgIpc) is 3.02. The molecule has 1 amide bonds. The van der Waals surface area contributed by atoms with Gasteiger partial charge in [0.05, 0.1) is 12.0 Å². The van der Waals surface area contributed by atoms with E-state index in [-0.39, 0.29) is 17.8 Å². The van der Waals surface area contributed by atoms with Gasteiger partial charge in [-0.05, 0) is 37.5 Å². The molecule has 0 radical (unpaired) electrons. The van der Waals surface area contributed by atoms with Crippen molar-refractivity contribution >= 4 is 18.3 Å². The zero-order valence-corrected chi connectivity index (χ0v) is 13.0. The molecule has 20 heavy (non-hydrogen) atoms. The van der Waals surface area contributed by atoms with Crippen molar-refractivity contribution in [2.45, 2.75) is 44.2 Å². The Kier molecular flexibility index (Phi) is 3.76. The minimum absolute atomic E-state index is 0. The molecule has 3 saturated heterocycles. The monoisotopic (exact) mass is 300 g/mol. The van der Waals surface area contributed by atoms with Gasteiger partial charge in [0.1, 0.15) is 0 Å². The van der Waals surface area contributed by atoms with E-state index < -0.39 is 0 Å². The lowest BCUT2D eigenvalue weighted by atomic mass is 9.68. The summed E-state index contributed by atoms with van der Waals surface area (Å²) in [5.41, 5.74) is -0.165. The van der Waals surface area contributed by atoms with Crippen LogP contribution < -0.4 is 5.32 Å². The second-order valence-electron chi connectivity index (χ2n) is 6.98. The maximum Gasteiger partial charge on any atom is 0.231 e. The Balaban J connectivity index is 0.00000121. The molecule has 1 N–H and O–H groups in total. The lowest BCUT2D eigenvalue weighted by Gasteiger charge is -2.43. The van der Waals surface area contributed by atoms with Crippen LogP contribution in [0, 0.1) is 17.3 Å². The van der Waals surface area contributed by atoms with Crippen molar-refractivity contribution in [3.8, 4) is 0 Å². The van der Waals surface area contributed by atoms with Crippen LogP contribution in [0.1, 0.15) is 32.1 Å². The number of nitrogens with zero attached hydrogens (tertiary/aromatic N) is 1. The highest BCUT2D eigenvalue weighted by atomic mass is 35.5. The highest BCUT2D eigenvalue weighted by Crippen LogP contribution is 2.52. The van der Waals surface area contributed by atoms with E-state index in [0.717, 1.165) is 37.8 Å². The normalized spacial score (nSPS) is 40.1. The molecule has 114 valence electrons. The number of hydrogen-bond acceptors (Lipinski definition) is 3. The number of halogens is 1. The summed E-state index contributed by atoms with van der Waals surface area (Å²) in [6, 6.07) is 1.04. The minimum atomic E-state index is -0.165. The van der Waals surface area contributed by atoms with Gasteiger partial charge >= 0.3 is 0 Å². The fraction of sp³-hybridized carbons (Fsp3) is 0.933. The smallest absolute Gasteiger partial charge is 0.231 e. The van der Waals surface area contributed by atoms with Crippen LogP contribution in [-0.4, -0.2) is 49.7 Å². The molecule has 4 atom stereocenters. The van der Waals surface area contributed by atoms with Gasteiger partial charge in [0.2, 0.25) is 5.91 Å². The molecular formula is C15H25ClN2O2. The molecule has 0 spiro atoms. The van der Waals surface area contributed by atoms with E-state index in [1.165, 1.54) is 19.3 Å². The van der Waals surface area contributed by atoms with Crippen molar-refractivity contribution in [3.63, 3.8) is 0 Å². The van der Waals surface area contributed by atoms with Crippen molar-refractivity contribution in [2.24, 2.45) is 17.3 Å². The predicted octanol–water partition coefficient (Wildman–Crippen LogP) is 1.43. The van der Waals surface area contributed by atoms with Gasteiger partial charge in [-0.15, -0.1) is 12.4 Å². The first-order valence-corrected chi connectivity index (χ1v) is 7.79. The van der Waals surface area contributed by atoms with Crippen molar-refractivity contribution in [3.05, 3.63) is 0 Å². The molecule has 4 fully saturated rings. The molecule has 3 heterocycles. The zero-order valence-electron chi connectivity index (χ0n) is 12.1. The number of nitrogens with one attached hydrogen (secondary N) is 1. The van der Waals surface area contributed by atoms with Crippen LogP contribution >= 0.6 is 12.4 Å². The van der Waals surface area contributed by atoms with Crippen LogP contribution in [0.25, 0.3) is 0 Å². The first-order valence-electron chi connectivity index (χ1n) is 7.79. The Hall–Kier alpha value is -0.320. The van der Waals surface area contributed by atoms with E-state index >= 15 is 0 Å². The summed E-state index contributed by atoms with van der Waals surface area (Å²) >= 11 is 0. The number of methoxy groups -OCH3 is 1. The predicted molar refractivity (Wildman–Crippen MR) is 78.9 cm³/mol.